The summed E-state index contributed by atoms with van der Waals surface area (Å²) in [6.45, 7) is 3.32. The van der Waals surface area contributed by atoms with Gasteiger partial charge in [-0.3, -0.25) is 18.6 Å². The van der Waals surface area contributed by atoms with Crippen LogP contribution in [0.2, 0.25) is 0 Å². The number of nitrogens with zero attached hydrogens (tertiary/aromatic N) is 1. The van der Waals surface area contributed by atoms with Crippen molar-refractivity contribution in [1.29, 1.82) is 0 Å². The molecule has 9 nitrogen and oxygen atoms in total. The Hall–Kier alpha value is -1.25. The van der Waals surface area contributed by atoms with Crippen LogP contribution in [-0.2, 0) is 32.7 Å². The SMILES string of the molecule is CCCCCCCC/C=C\CCCCCCCC(=O)OCC(COP(=O)(O)OCC[N+](C)(C)C)OC(C)=O. The highest BCUT2D eigenvalue weighted by atomic mass is 31.2. The van der Waals surface area contributed by atoms with Gasteiger partial charge in [-0.15, -0.1) is 0 Å². The highest BCUT2D eigenvalue weighted by Gasteiger charge is 2.26. The van der Waals surface area contributed by atoms with Crippen LogP contribution < -0.4 is 0 Å². The Kier molecular flexibility index (Phi) is 21.8. The van der Waals surface area contributed by atoms with Crippen molar-refractivity contribution < 1.29 is 42.1 Å². The van der Waals surface area contributed by atoms with Gasteiger partial charge in [0.2, 0.25) is 0 Å². The summed E-state index contributed by atoms with van der Waals surface area (Å²) in [5.41, 5.74) is 0. The summed E-state index contributed by atoms with van der Waals surface area (Å²) in [5, 5.41) is 0. The van der Waals surface area contributed by atoms with E-state index < -0.39 is 32.5 Å². The number of phosphoric ester groups is 1. The highest BCUT2D eigenvalue weighted by molar-refractivity contribution is 7.47. The molecule has 10 heteroatoms. The maximum Gasteiger partial charge on any atom is 0.472 e. The van der Waals surface area contributed by atoms with Crippen molar-refractivity contribution in [2.75, 3.05) is 47.5 Å². The molecule has 0 aliphatic heterocycles. The van der Waals surface area contributed by atoms with Gasteiger partial charge in [0.1, 0.15) is 19.8 Å². The lowest BCUT2D eigenvalue weighted by Gasteiger charge is -2.24. The number of hydrogen-bond acceptors (Lipinski definition) is 7. The molecule has 2 unspecified atom stereocenters. The van der Waals surface area contributed by atoms with Gasteiger partial charge in [0.25, 0.3) is 0 Å². The smallest absolute Gasteiger partial charge is 0.462 e. The molecule has 0 aromatic heterocycles. The van der Waals surface area contributed by atoms with Gasteiger partial charge in [0, 0.05) is 13.3 Å². The first-order valence-corrected chi connectivity index (χ1v) is 15.8. The van der Waals surface area contributed by atoms with Crippen LogP contribution in [0, 0.1) is 0 Å². The quantitative estimate of drug-likeness (QED) is 0.0450. The summed E-state index contributed by atoms with van der Waals surface area (Å²) in [7, 11) is 1.46. The topological polar surface area (TPSA) is 108 Å². The van der Waals surface area contributed by atoms with Gasteiger partial charge in [-0.25, -0.2) is 4.57 Å². The fourth-order valence-corrected chi connectivity index (χ4v) is 4.34. The summed E-state index contributed by atoms with van der Waals surface area (Å²) < 4.78 is 32.7. The lowest BCUT2D eigenvalue weighted by atomic mass is 10.1. The van der Waals surface area contributed by atoms with Crippen LogP contribution in [0.3, 0.4) is 0 Å². The van der Waals surface area contributed by atoms with Gasteiger partial charge >= 0.3 is 19.8 Å². The molecule has 0 saturated heterocycles. The summed E-state index contributed by atoms with van der Waals surface area (Å²) in [6, 6.07) is 0. The van der Waals surface area contributed by atoms with Crippen LogP contribution >= 0.6 is 7.82 Å². The fraction of sp³-hybridized carbons (Fsp3) is 0.857. The molecule has 0 amide bonds. The number of hydrogen-bond donors (Lipinski definition) is 1. The molecule has 0 saturated carbocycles. The van der Waals surface area contributed by atoms with E-state index in [0.717, 1.165) is 38.5 Å². The molecular weight excluding hydrogens is 509 g/mol. The van der Waals surface area contributed by atoms with E-state index >= 15 is 0 Å². The number of allylic oxidation sites excluding steroid dienone is 2. The van der Waals surface area contributed by atoms with Crippen LogP contribution in [0.25, 0.3) is 0 Å². The number of carbonyl (C=O) groups is 2. The van der Waals surface area contributed by atoms with Crippen LogP contribution in [0.5, 0.6) is 0 Å². The van der Waals surface area contributed by atoms with Crippen LogP contribution in [0.4, 0.5) is 0 Å². The number of ether oxygens (including phenoxy) is 2. The lowest BCUT2D eigenvalue weighted by molar-refractivity contribution is -0.870. The molecule has 0 aliphatic carbocycles. The van der Waals surface area contributed by atoms with Crippen LogP contribution in [-0.4, -0.2) is 74.9 Å². The first-order valence-electron chi connectivity index (χ1n) is 14.4. The van der Waals surface area contributed by atoms with Crippen molar-refractivity contribution >= 4 is 19.8 Å². The Balaban J connectivity index is 3.94. The molecule has 0 radical (unpaired) electrons. The second kappa shape index (κ2) is 22.6. The third-order valence-corrected chi connectivity index (χ3v) is 6.83. The van der Waals surface area contributed by atoms with E-state index in [1.165, 1.54) is 51.9 Å². The number of phosphoric acid groups is 1. The Bertz CT molecular complexity index is 693. The minimum Gasteiger partial charge on any atom is -0.462 e. The zero-order valence-corrected chi connectivity index (χ0v) is 25.6. The van der Waals surface area contributed by atoms with Gasteiger partial charge in [0.15, 0.2) is 6.10 Å². The number of carbonyl (C=O) groups excluding carboxylic acids is 2. The Morgan fingerprint density at radius 1 is 0.842 bits per heavy atom. The maximum atomic E-state index is 12.1. The number of likely N-dealkylation sites (N-methyl/N-ethyl adjacent to an activating group) is 1. The summed E-state index contributed by atoms with van der Waals surface area (Å²) >= 11 is 0. The van der Waals surface area contributed by atoms with Crippen molar-refractivity contribution in [3.8, 4) is 0 Å². The monoisotopic (exact) mass is 564 g/mol. The van der Waals surface area contributed by atoms with Crippen molar-refractivity contribution in [3.63, 3.8) is 0 Å². The van der Waals surface area contributed by atoms with Gasteiger partial charge in [-0.05, 0) is 32.1 Å². The average Bonchev–Trinajstić information content (AvgIpc) is 2.82. The normalized spacial score (nSPS) is 14.4. The van der Waals surface area contributed by atoms with Crippen molar-refractivity contribution in [2.45, 2.75) is 110 Å². The van der Waals surface area contributed by atoms with E-state index in [-0.39, 0.29) is 19.6 Å². The molecule has 0 spiro atoms. The van der Waals surface area contributed by atoms with Crippen molar-refractivity contribution in [1.82, 2.24) is 0 Å². The third-order valence-electron chi connectivity index (χ3n) is 5.85. The third kappa shape index (κ3) is 26.4. The molecule has 0 aromatic carbocycles. The average molecular weight is 565 g/mol. The zero-order chi connectivity index (χ0) is 28.7. The van der Waals surface area contributed by atoms with Crippen molar-refractivity contribution in [3.05, 3.63) is 12.2 Å². The van der Waals surface area contributed by atoms with E-state index in [1.807, 2.05) is 21.1 Å². The number of rotatable bonds is 25. The number of unbranched alkanes of at least 4 members (excludes halogenated alkanes) is 11. The molecular formula is C28H55NO8P+. The van der Waals surface area contributed by atoms with Gasteiger partial charge in [0.05, 0.1) is 27.7 Å². The summed E-state index contributed by atoms with van der Waals surface area (Å²) in [5.74, 6) is -1.00. The summed E-state index contributed by atoms with van der Waals surface area (Å²) in [6.07, 6.45) is 19.2. The summed E-state index contributed by atoms with van der Waals surface area (Å²) in [4.78, 5) is 33.2. The van der Waals surface area contributed by atoms with E-state index in [2.05, 4.69) is 19.1 Å². The molecule has 0 rings (SSSR count). The number of esters is 2. The minimum absolute atomic E-state index is 0.0282. The van der Waals surface area contributed by atoms with Gasteiger partial charge in [-0.2, -0.15) is 0 Å². The first-order chi connectivity index (χ1) is 17.9. The lowest BCUT2D eigenvalue weighted by Crippen LogP contribution is -2.37. The van der Waals surface area contributed by atoms with Crippen molar-refractivity contribution in [2.24, 2.45) is 0 Å². The molecule has 1 N–H and O–H groups in total. The van der Waals surface area contributed by atoms with E-state index in [0.29, 0.717) is 11.0 Å². The molecule has 0 heterocycles. The standard InChI is InChI=1S/C28H54NO8P/c1-6-7-8-9-10-11-12-13-14-15-16-17-18-19-20-21-28(31)34-24-27(37-26(2)30)25-36-38(32,33)35-23-22-29(3,4)5/h13-14,27H,6-12,15-25H2,1-5H3/p+1/b14-13-. The second-order valence-corrected chi connectivity index (χ2v) is 12.3. The molecule has 2 atom stereocenters. The molecule has 0 bridgehead atoms. The van der Waals surface area contributed by atoms with E-state index in [1.54, 1.807) is 0 Å². The highest BCUT2D eigenvalue weighted by Crippen LogP contribution is 2.43. The Morgan fingerprint density at radius 3 is 1.95 bits per heavy atom. The molecule has 0 fully saturated rings. The minimum atomic E-state index is -4.32. The fourth-order valence-electron chi connectivity index (χ4n) is 3.59. The van der Waals surface area contributed by atoms with Crippen LogP contribution in [0.1, 0.15) is 104 Å². The molecule has 0 aromatic rings. The van der Waals surface area contributed by atoms with Gasteiger partial charge in [-0.1, -0.05) is 70.4 Å². The van der Waals surface area contributed by atoms with E-state index in [4.69, 9.17) is 18.5 Å². The van der Waals surface area contributed by atoms with Crippen LogP contribution in [0.15, 0.2) is 12.2 Å². The molecule has 224 valence electrons. The first kappa shape index (κ1) is 36.8. The maximum absolute atomic E-state index is 12.1. The number of quaternary nitrogens is 1. The zero-order valence-electron chi connectivity index (χ0n) is 24.7. The predicted octanol–water partition coefficient (Wildman–Crippen LogP) is 6.34. The van der Waals surface area contributed by atoms with E-state index in [9.17, 15) is 19.0 Å². The van der Waals surface area contributed by atoms with Gasteiger partial charge < -0.3 is 18.9 Å². The second-order valence-electron chi connectivity index (χ2n) is 10.9. The Labute approximate surface area is 231 Å². The molecule has 38 heavy (non-hydrogen) atoms. The predicted molar refractivity (Wildman–Crippen MR) is 151 cm³/mol. The molecule has 0 aliphatic rings. The Morgan fingerprint density at radius 2 is 1.39 bits per heavy atom. The largest absolute Gasteiger partial charge is 0.472 e.